The van der Waals surface area contributed by atoms with Crippen LogP contribution in [0.2, 0.25) is 0 Å². The van der Waals surface area contributed by atoms with Crippen molar-refractivity contribution < 1.29 is 18.3 Å². The van der Waals surface area contributed by atoms with E-state index in [1.807, 2.05) is 0 Å². The molecule has 1 aliphatic carbocycles. The first-order valence-corrected chi connectivity index (χ1v) is 7.18. The van der Waals surface area contributed by atoms with Gasteiger partial charge >= 0.3 is 5.97 Å². The Bertz CT molecular complexity index is 380. The largest absolute Gasteiger partial charge is 0.480 e. The van der Waals surface area contributed by atoms with Crippen molar-refractivity contribution in [3.8, 4) is 0 Å². The molecule has 0 aromatic heterocycles. The van der Waals surface area contributed by atoms with Gasteiger partial charge in [-0.3, -0.25) is 4.79 Å². The molecule has 16 heavy (non-hydrogen) atoms. The normalized spacial score (nSPS) is 26.0. The minimum atomic E-state index is -3.65. The Balaban J connectivity index is 2.26. The van der Waals surface area contributed by atoms with E-state index in [0.29, 0.717) is 19.5 Å². The van der Waals surface area contributed by atoms with Crippen molar-refractivity contribution in [3.05, 3.63) is 0 Å². The summed E-state index contributed by atoms with van der Waals surface area (Å²) >= 11 is 0. The van der Waals surface area contributed by atoms with Gasteiger partial charge in [0.2, 0.25) is 10.0 Å². The number of piperidine rings is 1. The van der Waals surface area contributed by atoms with Crippen molar-refractivity contribution in [2.45, 2.75) is 43.3 Å². The molecular formula is C10H17NO4S. The molecule has 1 saturated carbocycles. The van der Waals surface area contributed by atoms with Gasteiger partial charge in [-0.05, 0) is 32.1 Å². The molecule has 1 heterocycles. The van der Waals surface area contributed by atoms with Crippen LogP contribution in [-0.2, 0) is 14.8 Å². The van der Waals surface area contributed by atoms with Gasteiger partial charge in [0.25, 0.3) is 0 Å². The number of rotatable bonds is 3. The van der Waals surface area contributed by atoms with E-state index in [4.69, 9.17) is 5.11 Å². The monoisotopic (exact) mass is 247 g/mol. The molecule has 0 unspecified atom stereocenters. The molecule has 0 spiro atoms. The molecule has 6 heteroatoms. The lowest BCUT2D eigenvalue weighted by atomic mass is 9.84. The van der Waals surface area contributed by atoms with E-state index in [-0.39, 0.29) is 12.8 Å². The molecule has 5 nitrogen and oxygen atoms in total. The van der Waals surface area contributed by atoms with E-state index in [9.17, 15) is 13.2 Å². The standard InChI is InChI=1S/C10H17NO4S/c12-9(13)10(5-4-6-10)16(14,15)11-7-2-1-3-8-11/h1-8H2,(H,12,13). The van der Waals surface area contributed by atoms with Crippen LogP contribution in [0.3, 0.4) is 0 Å². The number of aliphatic carboxylic acids is 1. The molecule has 1 saturated heterocycles. The van der Waals surface area contributed by atoms with Crippen LogP contribution in [0.25, 0.3) is 0 Å². The van der Waals surface area contributed by atoms with E-state index in [2.05, 4.69) is 0 Å². The number of carbonyl (C=O) groups is 1. The third kappa shape index (κ3) is 1.55. The maximum Gasteiger partial charge on any atom is 0.326 e. The third-order valence-electron chi connectivity index (χ3n) is 3.70. The maximum atomic E-state index is 12.3. The van der Waals surface area contributed by atoms with Crippen LogP contribution in [0.1, 0.15) is 38.5 Å². The first-order chi connectivity index (χ1) is 7.51. The summed E-state index contributed by atoms with van der Waals surface area (Å²) in [5.41, 5.74) is 0. The lowest BCUT2D eigenvalue weighted by Gasteiger charge is -2.41. The van der Waals surface area contributed by atoms with Gasteiger partial charge in [0.1, 0.15) is 0 Å². The number of hydrogen-bond acceptors (Lipinski definition) is 3. The highest BCUT2D eigenvalue weighted by Crippen LogP contribution is 2.42. The second kappa shape index (κ2) is 4.00. The first kappa shape index (κ1) is 11.9. The molecule has 1 N–H and O–H groups in total. The van der Waals surface area contributed by atoms with Gasteiger partial charge in [0, 0.05) is 13.1 Å². The summed E-state index contributed by atoms with van der Waals surface area (Å²) in [6.07, 6.45) is 3.94. The van der Waals surface area contributed by atoms with Gasteiger partial charge in [0.15, 0.2) is 4.75 Å². The Hall–Kier alpha value is -0.620. The molecule has 0 bridgehead atoms. The summed E-state index contributed by atoms with van der Waals surface area (Å²) in [6, 6.07) is 0. The SMILES string of the molecule is O=C(O)C1(S(=O)(=O)N2CCCCC2)CCC1. The molecule has 1 aliphatic heterocycles. The summed E-state index contributed by atoms with van der Waals surface area (Å²) in [5, 5.41) is 9.14. The molecule has 0 radical (unpaired) electrons. The third-order valence-corrected chi connectivity index (χ3v) is 6.32. The summed E-state index contributed by atoms with van der Waals surface area (Å²) in [4.78, 5) is 11.2. The maximum absolute atomic E-state index is 12.3. The van der Waals surface area contributed by atoms with Crippen LogP contribution in [-0.4, -0.2) is 41.6 Å². The zero-order chi connectivity index (χ0) is 11.8. The smallest absolute Gasteiger partial charge is 0.326 e. The minimum absolute atomic E-state index is 0.265. The summed E-state index contributed by atoms with van der Waals surface area (Å²) in [5.74, 6) is -1.18. The predicted molar refractivity (Wildman–Crippen MR) is 58.6 cm³/mol. The lowest BCUT2D eigenvalue weighted by Crippen LogP contribution is -2.58. The van der Waals surface area contributed by atoms with Crippen molar-refractivity contribution in [3.63, 3.8) is 0 Å². The summed E-state index contributed by atoms with van der Waals surface area (Å²) in [6.45, 7) is 0.967. The highest BCUT2D eigenvalue weighted by atomic mass is 32.2. The van der Waals surface area contributed by atoms with Gasteiger partial charge in [-0.1, -0.05) is 6.42 Å². The quantitative estimate of drug-likeness (QED) is 0.800. The Morgan fingerprint density at radius 2 is 1.62 bits per heavy atom. The van der Waals surface area contributed by atoms with Gasteiger partial charge in [-0.2, -0.15) is 0 Å². The average molecular weight is 247 g/mol. The van der Waals surface area contributed by atoms with Gasteiger partial charge < -0.3 is 5.11 Å². The molecule has 2 aliphatic rings. The predicted octanol–water partition coefficient (Wildman–Crippen LogP) is 0.809. The van der Waals surface area contributed by atoms with Crippen molar-refractivity contribution in [1.82, 2.24) is 4.31 Å². The first-order valence-electron chi connectivity index (χ1n) is 5.74. The van der Waals surface area contributed by atoms with Crippen molar-refractivity contribution in [2.24, 2.45) is 0 Å². The molecule has 0 aromatic rings. The fourth-order valence-corrected chi connectivity index (χ4v) is 4.69. The van der Waals surface area contributed by atoms with Crippen LogP contribution >= 0.6 is 0 Å². The Kier molecular flexibility index (Phi) is 2.96. The highest BCUT2D eigenvalue weighted by Gasteiger charge is 2.57. The zero-order valence-corrected chi connectivity index (χ0v) is 10.0. The van der Waals surface area contributed by atoms with Crippen molar-refractivity contribution >= 4 is 16.0 Å². The molecular weight excluding hydrogens is 230 g/mol. The topological polar surface area (TPSA) is 74.7 Å². The fraction of sp³-hybridized carbons (Fsp3) is 0.900. The summed E-state index contributed by atoms with van der Waals surface area (Å²) < 4.78 is 24.4. The molecule has 0 atom stereocenters. The molecule has 0 amide bonds. The van der Waals surface area contributed by atoms with Crippen LogP contribution in [0.5, 0.6) is 0 Å². The molecule has 2 fully saturated rings. The van der Waals surface area contributed by atoms with E-state index >= 15 is 0 Å². The van der Waals surface area contributed by atoms with Crippen molar-refractivity contribution in [1.29, 1.82) is 0 Å². The van der Waals surface area contributed by atoms with E-state index < -0.39 is 20.7 Å². The van der Waals surface area contributed by atoms with E-state index in [1.165, 1.54) is 4.31 Å². The second-order valence-electron chi connectivity index (χ2n) is 4.62. The Labute approximate surface area is 95.5 Å². The van der Waals surface area contributed by atoms with E-state index in [1.54, 1.807) is 0 Å². The Morgan fingerprint density at radius 1 is 1.06 bits per heavy atom. The Morgan fingerprint density at radius 3 is 2.00 bits per heavy atom. The molecule has 92 valence electrons. The zero-order valence-electron chi connectivity index (χ0n) is 9.18. The van der Waals surface area contributed by atoms with Gasteiger partial charge in [0.05, 0.1) is 0 Å². The van der Waals surface area contributed by atoms with Crippen LogP contribution in [0, 0.1) is 0 Å². The van der Waals surface area contributed by atoms with Crippen LogP contribution in [0.4, 0.5) is 0 Å². The van der Waals surface area contributed by atoms with Crippen LogP contribution in [0.15, 0.2) is 0 Å². The lowest BCUT2D eigenvalue weighted by molar-refractivity contribution is -0.142. The fourth-order valence-electron chi connectivity index (χ4n) is 2.43. The van der Waals surface area contributed by atoms with E-state index in [0.717, 1.165) is 19.3 Å². The number of carboxylic acids is 1. The highest BCUT2D eigenvalue weighted by molar-refractivity contribution is 7.91. The number of carboxylic acid groups (broad SMARTS) is 1. The number of hydrogen-bond donors (Lipinski definition) is 1. The minimum Gasteiger partial charge on any atom is -0.480 e. The van der Waals surface area contributed by atoms with Gasteiger partial charge in [-0.15, -0.1) is 0 Å². The molecule has 0 aromatic carbocycles. The van der Waals surface area contributed by atoms with Crippen molar-refractivity contribution in [2.75, 3.05) is 13.1 Å². The number of sulfonamides is 1. The second-order valence-corrected chi connectivity index (χ2v) is 6.87. The number of nitrogens with zero attached hydrogens (tertiary/aromatic N) is 1. The molecule has 2 rings (SSSR count). The van der Waals surface area contributed by atoms with Gasteiger partial charge in [-0.25, -0.2) is 12.7 Å². The average Bonchev–Trinajstić information content (AvgIpc) is 2.16. The van der Waals surface area contributed by atoms with Crippen LogP contribution < -0.4 is 0 Å². The summed E-state index contributed by atoms with van der Waals surface area (Å²) in [7, 11) is -3.65.